The summed E-state index contributed by atoms with van der Waals surface area (Å²) < 4.78 is 5.87. The van der Waals surface area contributed by atoms with Crippen LogP contribution in [0.3, 0.4) is 0 Å². The van der Waals surface area contributed by atoms with Crippen molar-refractivity contribution in [1.82, 2.24) is 9.97 Å². The van der Waals surface area contributed by atoms with E-state index in [-0.39, 0.29) is 0 Å². The van der Waals surface area contributed by atoms with E-state index in [4.69, 9.17) is 4.74 Å². The molecule has 3 nitrogen and oxygen atoms in total. The van der Waals surface area contributed by atoms with Crippen LogP contribution >= 0.6 is 0 Å². The molecule has 0 saturated carbocycles. The first-order valence-corrected chi connectivity index (χ1v) is 11.3. The smallest absolute Gasteiger partial charge is 0.159 e. The lowest BCUT2D eigenvalue weighted by atomic mass is 10.0. The van der Waals surface area contributed by atoms with Gasteiger partial charge in [-0.25, -0.2) is 9.97 Å². The molecule has 0 N–H and O–H groups in total. The van der Waals surface area contributed by atoms with E-state index in [0.717, 1.165) is 42.5 Å². The van der Waals surface area contributed by atoms with Crippen LogP contribution in [0.1, 0.15) is 84.1 Å². The standard InChI is InChI=1S/C25H38N2O/c1-4-6-7-10-13-22-19-26-25(27-20-22)23-14-16-24(17-15-23)28-18-11-8-9-12-21(3)5-2/h14-17,19-21H,4-13,18H2,1-3H3. The number of aromatic nitrogens is 2. The molecule has 0 saturated heterocycles. The normalized spacial score (nSPS) is 12.1. The van der Waals surface area contributed by atoms with Crippen molar-refractivity contribution in [2.75, 3.05) is 6.61 Å². The maximum absolute atomic E-state index is 5.87. The summed E-state index contributed by atoms with van der Waals surface area (Å²) >= 11 is 0. The molecule has 1 aromatic heterocycles. The molecule has 0 aliphatic carbocycles. The summed E-state index contributed by atoms with van der Waals surface area (Å²) in [5.41, 5.74) is 2.27. The van der Waals surface area contributed by atoms with Gasteiger partial charge in [-0.1, -0.05) is 65.7 Å². The molecule has 0 bridgehead atoms. The van der Waals surface area contributed by atoms with Gasteiger partial charge in [0, 0.05) is 18.0 Å². The van der Waals surface area contributed by atoms with Gasteiger partial charge in [0.15, 0.2) is 5.82 Å². The average molecular weight is 383 g/mol. The van der Waals surface area contributed by atoms with E-state index in [1.54, 1.807) is 0 Å². The zero-order valence-corrected chi connectivity index (χ0v) is 18.1. The van der Waals surface area contributed by atoms with Crippen LogP contribution in [0.2, 0.25) is 0 Å². The quantitative estimate of drug-likeness (QED) is 0.323. The molecule has 28 heavy (non-hydrogen) atoms. The summed E-state index contributed by atoms with van der Waals surface area (Å²) in [6, 6.07) is 8.15. The number of aryl methyl sites for hydroxylation is 1. The van der Waals surface area contributed by atoms with E-state index in [1.165, 1.54) is 56.9 Å². The van der Waals surface area contributed by atoms with Gasteiger partial charge in [0.1, 0.15) is 5.75 Å². The van der Waals surface area contributed by atoms with Gasteiger partial charge in [0.25, 0.3) is 0 Å². The monoisotopic (exact) mass is 382 g/mol. The summed E-state index contributed by atoms with van der Waals surface area (Å²) in [5, 5.41) is 0. The van der Waals surface area contributed by atoms with Crippen LogP contribution in [0.15, 0.2) is 36.7 Å². The van der Waals surface area contributed by atoms with E-state index in [2.05, 4.69) is 42.9 Å². The van der Waals surface area contributed by atoms with Gasteiger partial charge in [-0.15, -0.1) is 0 Å². The van der Waals surface area contributed by atoms with Crippen molar-refractivity contribution in [3.63, 3.8) is 0 Å². The third-order valence-corrected chi connectivity index (χ3v) is 5.44. The van der Waals surface area contributed by atoms with Crippen molar-refractivity contribution < 1.29 is 4.74 Å². The second-order valence-corrected chi connectivity index (χ2v) is 7.96. The predicted octanol–water partition coefficient (Wildman–Crippen LogP) is 7.25. The van der Waals surface area contributed by atoms with Crippen molar-refractivity contribution in [3.8, 4) is 17.1 Å². The summed E-state index contributed by atoms with van der Waals surface area (Å²) in [6.45, 7) is 7.64. The lowest BCUT2D eigenvalue weighted by molar-refractivity contribution is 0.302. The molecule has 2 rings (SSSR count). The lowest BCUT2D eigenvalue weighted by Gasteiger charge is -2.09. The lowest BCUT2D eigenvalue weighted by Crippen LogP contribution is -1.98. The molecule has 1 unspecified atom stereocenters. The average Bonchev–Trinajstić information content (AvgIpc) is 2.74. The van der Waals surface area contributed by atoms with Gasteiger partial charge >= 0.3 is 0 Å². The minimum Gasteiger partial charge on any atom is -0.494 e. The molecular formula is C25H38N2O. The Kier molecular flexibility index (Phi) is 10.6. The summed E-state index contributed by atoms with van der Waals surface area (Å²) in [5.74, 6) is 2.57. The van der Waals surface area contributed by atoms with E-state index >= 15 is 0 Å². The van der Waals surface area contributed by atoms with E-state index < -0.39 is 0 Å². The highest BCUT2D eigenvalue weighted by Crippen LogP contribution is 2.20. The maximum atomic E-state index is 5.87. The second kappa shape index (κ2) is 13.3. The first-order valence-electron chi connectivity index (χ1n) is 11.3. The fourth-order valence-corrected chi connectivity index (χ4v) is 3.25. The molecule has 1 atom stereocenters. The Bertz CT molecular complexity index is 637. The molecule has 1 heterocycles. The van der Waals surface area contributed by atoms with Gasteiger partial charge in [-0.2, -0.15) is 0 Å². The Hall–Kier alpha value is -1.90. The summed E-state index contributed by atoms with van der Waals surface area (Å²) in [6.07, 6.45) is 16.4. The third-order valence-electron chi connectivity index (χ3n) is 5.44. The molecule has 154 valence electrons. The van der Waals surface area contributed by atoms with Gasteiger partial charge < -0.3 is 4.74 Å². The second-order valence-electron chi connectivity index (χ2n) is 7.96. The van der Waals surface area contributed by atoms with E-state index in [9.17, 15) is 0 Å². The summed E-state index contributed by atoms with van der Waals surface area (Å²) in [7, 11) is 0. The minimum atomic E-state index is 0.786. The fraction of sp³-hybridized carbons (Fsp3) is 0.600. The van der Waals surface area contributed by atoms with Gasteiger partial charge in [-0.3, -0.25) is 0 Å². The molecule has 0 radical (unpaired) electrons. The maximum Gasteiger partial charge on any atom is 0.159 e. The van der Waals surface area contributed by atoms with Crippen LogP contribution in [0, 0.1) is 5.92 Å². The first-order chi connectivity index (χ1) is 13.7. The molecule has 2 aromatic rings. The molecule has 1 aromatic carbocycles. The molecule has 3 heteroatoms. The molecule has 0 fully saturated rings. The third kappa shape index (κ3) is 8.41. The molecule has 0 amide bonds. The number of hydrogen-bond donors (Lipinski definition) is 0. The summed E-state index contributed by atoms with van der Waals surface area (Å²) in [4.78, 5) is 9.09. The fourth-order valence-electron chi connectivity index (χ4n) is 3.25. The Balaban J connectivity index is 1.71. The minimum absolute atomic E-state index is 0.786. The van der Waals surface area contributed by atoms with E-state index in [0.29, 0.717) is 0 Å². The first kappa shape index (κ1) is 22.4. The molecule has 0 aliphatic heterocycles. The molecular weight excluding hydrogens is 344 g/mol. The number of benzene rings is 1. The number of rotatable bonds is 14. The van der Waals surface area contributed by atoms with Crippen molar-refractivity contribution in [1.29, 1.82) is 0 Å². The number of hydrogen-bond acceptors (Lipinski definition) is 3. The highest BCUT2D eigenvalue weighted by Gasteiger charge is 2.03. The van der Waals surface area contributed by atoms with Crippen molar-refractivity contribution in [2.45, 2.75) is 85.0 Å². The Morgan fingerprint density at radius 1 is 0.857 bits per heavy atom. The number of ether oxygens (including phenoxy) is 1. The van der Waals surface area contributed by atoms with E-state index in [1.807, 2.05) is 24.5 Å². The van der Waals surface area contributed by atoms with Crippen LogP contribution in [0.25, 0.3) is 11.4 Å². The Morgan fingerprint density at radius 2 is 1.57 bits per heavy atom. The van der Waals surface area contributed by atoms with Crippen LogP contribution in [-0.2, 0) is 6.42 Å². The van der Waals surface area contributed by atoms with Crippen LogP contribution < -0.4 is 4.74 Å². The Morgan fingerprint density at radius 3 is 2.25 bits per heavy atom. The van der Waals surface area contributed by atoms with Crippen molar-refractivity contribution in [2.24, 2.45) is 5.92 Å². The van der Waals surface area contributed by atoms with Gasteiger partial charge in [0.05, 0.1) is 6.61 Å². The number of nitrogens with zero attached hydrogens (tertiary/aromatic N) is 2. The topological polar surface area (TPSA) is 35.0 Å². The number of unbranched alkanes of at least 4 members (excludes halogenated alkanes) is 5. The SMILES string of the molecule is CCCCCCc1cnc(-c2ccc(OCCCCCC(C)CC)cc2)nc1. The highest BCUT2D eigenvalue weighted by molar-refractivity contribution is 5.55. The largest absolute Gasteiger partial charge is 0.494 e. The van der Waals surface area contributed by atoms with Gasteiger partial charge in [-0.05, 0) is 55.0 Å². The zero-order valence-electron chi connectivity index (χ0n) is 18.1. The predicted molar refractivity (Wildman–Crippen MR) is 119 cm³/mol. The van der Waals surface area contributed by atoms with Crippen molar-refractivity contribution in [3.05, 3.63) is 42.2 Å². The van der Waals surface area contributed by atoms with Crippen molar-refractivity contribution >= 4 is 0 Å². The Labute approximate surface area is 172 Å². The zero-order chi connectivity index (χ0) is 20.0. The van der Waals surface area contributed by atoms with Crippen LogP contribution in [0.4, 0.5) is 0 Å². The molecule has 0 aliphatic rings. The molecule has 0 spiro atoms. The van der Waals surface area contributed by atoms with Crippen LogP contribution in [-0.4, -0.2) is 16.6 Å². The highest BCUT2D eigenvalue weighted by atomic mass is 16.5. The van der Waals surface area contributed by atoms with Gasteiger partial charge in [0.2, 0.25) is 0 Å². The van der Waals surface area contributed by atoms with Crippen LogP contribution in [0.5, 0.6) is 5.75 Å².